The Bertz CT molecular complexity index is 1000. The summed E-state index contributed by atoms with van der Waals surface area (Å²) in [7, 11) is 3.00. The van der Waals surface area contributed by atoms with Crippen LogP contribution in [0.1, 0.15) is 23.1 Å². The van der Waals surface area contributed by atoms with E-state index in [1.165, 1.54) is 34.7 Å². The van der Waals surface area contributed by atoms with Crippen molar-refractivity contribution in [2.45, 2.75) is 12.8 Å². The molecule has 3 rings (SSSR count). The van der Waals surface area contributed by atoms with Crippen molar-refractivity contribution in [1.29, 1.82) is 0 Å². The standard InChI is InChI=1S/C17H15ClF3N5O/c1-17(20,21)14-7-13(25(2)24-14)10-5-4-9(6-12(10)19)23-16(27)15-11(18)8-22-26(15)3/h4-8H,1-3H3,(H,23,27). The molecule has 0 saturated carbocycles. The lowest BCUT2D eigenvalue weighted by atomic mass is 10.1. The molecule has 0 aliphatic heterocycles. The van der Waals surface area contributed by atoms with Gasteiger partial charge in [-0.2, -0.15) is 19.0 Å². The third-order valence-electron chi connectivity index (χ3n) is 3.94. The highest BCUT2D eigenvalue weighted by atomic mass is 35.5. The van der Waals surface area contributed by atoms with Gasteiger partial charge in [-0.25, -0.2) is 4.39 Å². The van der Waals surface area contributed by atoms with Crippen molar-refractivity contribution in [2.24, 2.45) is 14.1 Å². The van der Waals surface area contributed by atoms with Crippen molar-refractivity contribution < 1.29 is 18.0 Å². The number of aromatic nitrogens is 4. The molecule has 2 heterocycles. The van der Waals surface area contributed by atoms with Crippen molar-refractivity contribution in [2.75, 3.05) is 5.32 Å². The Hall–Kier alpha value is -2.81. The molecule has 3 aromatic rings. The second kappa shape index (κ2) is 6.73. The maximum absolute atomic E-state index is 14.5. The Balaban J connectivity index is 1.89. The summed E-state index contributed by atoms with van der Waals surface area (Å²) >= 11 is 5.91. The highest BCUT2D eigenvalue weighted by Gasteiger charge is 2.29. The highest BCUT2D eigenvalue weighted by molar-refractivity contribution is 6.34. The Morgan fingerprint density at radius 2 is 1.93 bits per heavy atom. The number of rotatable bonds is 4. The van der Waals surface area contributed by atoms with Crippen LogP contribution in [0.5, 0.6) is 0 Å². The number of benzene rings is 1. The van der Waals surface area contributed by atoms with Crippen molar-refractivity contribution >= 4 is 23.2 Å². The first-order valence-corrected chi connectivity index (χ1v) is 8.17. The summed E-state index contributed by atoms with van der Waals surface area (Å²) in [5.74, 6) is -4.39. The van der Waals surface area contributed by atoms with Crippen LogP contribution < -0.4 is 5.32 Å². The van der Waals surface area contributed by atoms with E-state index in [9.17, 15) is 18.0 Å². The Kier molecular flexibility index (Phi) is 4.73. The van der Waals surface area contributed by atoms with Gasteiger partial charge < -0.3 is 5.32 Å². The largest absolute Gasteiger partial charge is 0.321 e. The second-order valence-corrected chi connectivity index (χ2v) is 6.45. The zero-order valence-corrected chi connectivity index (χ0v) is 15.4. The molecule has 0 spiro atoms. The number of aryl methyl sites for hydroxylation is 2. The Labute approximate surface area is 157 Å². The predicted molar refractivity (Wildman–Crippen MR) is 94.3 cm³/mol. The number of alkyl halides is 2. The topological polar surface area (TPSA) is 64.7 Å². The normalized spacial score (nSPS) is 11.7. The van der Waals surface area contributed by atoms with E-state index in [0.717, 1.165) is 19.1 Å². The summed E-state index contributed by atoms with van der Waals surface area (Å²) in [6.45, 7) is 0.720. The lowest BCUT2D eigenvalue weighted by Gasteiger charge is -2.09. The first-order chi connectivity index (χ1) is 12.6. The van der Waals surface area contributed by atoms with Gasteiger partial charge in [0.05, 0.1) is 16.9 Å². The minimum absolute atomic E-state index is 0.0806. The summed E-state index contributed by atoms with van der Waals surface area (Å²) in [5.41, 5.74) is 0.126. The van der Waals surface area contributed by atoms with Gasteiger partial charge in [0.1, 0.15) is 17.2 Å². The molecule has 0 fully saturated rings. The zero-order valence-electron chi connectivity index (χ0n) is 14.6. The van der Waals surface area contributed by atoms with E-state index in [2.05, 4.69) is 15.5 Å². The van der Waals surface area contributed by atoms with Gasteiger partial charge in [0.25, 0.3) is 11.8 Å². The molecule has 27 heavy (non-hydrogen) atoms. The van der Waals surface area contributed by atoms with Crippen LogP contribution in [-0.4, -0.2) is 25.5 Å². The van der Waals surface area contributed by atoms with Gasteiger partial charge in [-0.15, -0.1) is 0 Å². The first-order valence-electron chi connectivity index (χ1n) is 7.79. The lowest BCUT2D eigenvalue weighted by Crippen LogP contribution is -2.16. The monoisotopic (exact) mass is 397 g/mol. The molecule has 6 nitrogen and oxygen atoms in total. The molecule has 1 amide bonds. The molecular weight excluding hydrogens is 383 g/mol. The Morgan fingerprint density at radius 1 is 1.22 bits per heavy atom. The summed E-state index contributed by atoms with van der Waals surface area (Å²) < 4.78 is 43.9. The predicted octanol–water partition coefficient (Wildman–Crippen LogP) is 3.98. The van der Waals surface area contributed by atoms with Crippen molar-refractivity contribution in [3.05, 3.63) is 52.7 Å². The van der Waals surface area contributed by atoms with Crippen molar-refractivity contribution in [1.82, 2.24) is 19.6 Å². The van der Waals surface area contributed by atoms with E-state index < -0.39 is 23.3 Å². The number of hydrogen-bond donors (Lipinski definition) is 1. The maximum Gasteiger partial charge on any atom is 0.288 e. The SMILES string of the molecule is Cn1nc(C(C)(F)F)cc1-c1ccc(NC(=O)c2c(Cl)cnn2C)cc1F. The van der Waals surface area contributed by atoms with E-state index in [1.807, 2.05) is 0 Å². The van der Waals surface area contributed by atoms with Crippen LogP contribution in [0.15, 0.2) is 30.5 Å². The third-order valence-corrected chi connectivity index (χ3v) is 4.22. The molecule has 0 saturated heterocycles. The minimum Gasteiger partial charge on any atom is -0.321 e. The first kappa shape index (κ1) is 19.0. The van der Waals surface area contributed by atoms with E-state index in [-0.39, 0.29) is 27.7 Å². The summed E-state index contributed by atoms with van der Waals surface area (Å²) in [6, 6.07) is 5.06. The van der Waals surface area contributed by atoms with Crippen LogP contribution in [0.25, 0.3) is 11.3 Å². The summed E-state index contributed by atoms with van der Waals surface area (Å²) in [4.78, 5) is 12.3. The van der Waals surface area contributed by atoms with Crippen LogP contribution in [0.3, 0.4) is 0 Å². The number of carbonyl (C=O) groups excluding carboxylic acids is 1. The van der Waals surface area contributed by atoms with Gasteiger partial charge in [-0.3, -0.25) is 14.2 Å². The fourth-order valence-electron chi connectivity index (χ4n) is 2.59. The second-order valence-electron chi connectivity index (χ2n) is 6.04. The molecule has 0 aliphatic rings. The molecule has 0 atom stereocenters. The molecule has 1 aromatic carbocycles. The van der Waals surface area contributed by atoms with E-state index >= 15 is 0 Å². The quantitative estimate of drug-likeness (QED) is 0.724. The molecule has 0 unspecified atom stereocenters. The third kappa shape index (κ3) is 3.68. The van der Waals surface area contributed by atoms with Crippen LogP contribution in [-0.2, 0) is 20.0 Å². The highest BCUT2D eigenvalue weighted by Crippen LogP contribution is 2.31. The number of amides is 1. The van der Waals surface area contributed by atoms with Gasteiger partial charge in [0, 0.05) is 32.3 Å². The number of nitrogens with one attached hydrogen (secondary N) is 1. The average molecular weight is 398 g/mol. The van der Waals surface area contributed by atoms with Gasteiger partial charge in [-0.1, -0.05) is 11.6 Å². The number of halogens is 4. The van der Waals surface area contributed by atoms with Gasteiger partial charge >= 0.3 is 0 Å². The van der Waals surface area contributed by atoms with Gasteiger partial charge in [-0.05, 0) is 24.3 Å². The molecule has 142 valence electrons. The number of hydrogen-bond acceptors (Lipinski definition) is 3. The maximum atomic E-state index is 14.5. The molecular formula is C17H15ClF3N5O. The lowest BCUT2D eigenvalue weighted by molar-refractivity contribution is 0.0122. The van der Waals surface area contributed by atoms with Crippen LogP contribution >= 0.6 is 11.6 Å². The Morgan fingerprint density at radius 3 is 2.44 bits per heavy atom. The number of anilines is 1. The molecule has 1 N–H and O–H groups in total. The zero-order chi connectivity index (χ0) is 19.9. The van der Waals surface area contributed by atoms with Gasteiger partial charge in [0.15, 0.2) is 0 Å². The smallest absolute Gasteiger partial charge is 0.288 e. The van der Waals surface area contributed by atoms with Crippen LogP contribution in [0.4, 0.5) is 18.9 Å². The molecule has 2 aromatic heterocycles. The fourth-order valence-corrected chi connectivity index (χ4v) is 2.84. The fraction of sp³-hybridized carbons (Fsp3) is 0.235. The minimum atomic E-state index is -3.14. The van der Waals surface area contributed by atoms with Crippen molar-refractivity contribution in [3.8, 4) is 11.3 Å². The summed E-state index contributed by atoms with van der Waals surface area (Å²) in [6.07, 6.45) is 1.32. The molecule has 0 radical (unpaired) electrons. The molecule has 10 heteroatoms. The van der Waals surface area contributed by atoms with Crippen molar-refractivity contribution in [3.63, 3.8) is 0 Å². The van der Waals surface area contributed by atoms with E-state index in [0.29, 0.717) is 0 Å². The number of nitrogens with zero attached hydrogens (tertiary/aromatic N) is 4. The van der Waals surface area contributed by atoms with Crippen LogP contribution in [0.2, 0.25) is 5.02 Å². The molecule has 0 bridgehead atoms. The average Bonchev–Trinajstić information content (AvgIpc) is 3.10. The van der Waals surface area contributed by atoms with Crippen LogP contribution in [0, 0.1) is 5.82 Å². The molecule has 0 aliphatic carbocycles. The summed E-state index contributed by atoms with van der Waals surface area (Å²) in [5, 5.41) is 10.3. The van der Waals surface area contributed by atoms with E-state index in [4.69, 9.17) is 11.6 Å². The van der Waals surface area contributed by atoms with E-state index in [1.54, 1.807) is 7.05 Å². The number of carbonyl (C=O) groups is 1. The van der Waals surface area contributed by atoms with Gasteiger partial charge in [0.2, 0.25) is 0 Å².